The van der Waals surface area contributed by atoms with Crippen LogP contribution in [0.25, 0.3) is 11.2 Å². The summed E-state index contributed by atoms with van der Waals surface area (Å²) in [6.45, 7) is 3.15. The van der Waals surface area contributed by atoms with Crippen LogP contribution in [-0.4, -0.2) is 96.7 Å². The largest absolute Gasteiger partial charge is 0.425 e. The van der Waals surface area contributed by atoms with Crippen LogP contribution in [-0.2, 0) is 19.1 Å². The Balaban J connectivity index is 1.21. The molecule has 15 nitrogen and oxygen atoms in total. The lowest BCUT2D eigenvalue weighted by Gasteiger charge is -2.31. The number of likely N-dealkylation sites (N-methyl/N-ethyl adjacent to an activating group) is 1. The summed E-state index contributed by atoms with van der Waals surface area (Å²) in [5, 5.41) is 26.1. The van der Waals surface area contributed by atoms with Crippen LogP contribution in [0.15, 0.2) is 6.33 Å². The number of aliphatic hydroxyl groups excluding tert-OH is 2. The molecule has 2 aromatic rings. The molecule has 3 fully saturated rings. The standard InChI is InChI=1S/C25H32N8O7/c1-2-27-23(37)20-18(35)19(36)24(40-20)33-12-28-17-21(26)29-14(30-22(17)33)5-3-4-13-8-10-32(11-9-13)25(38)39-16-7-6-15(34)31-16/h12-13,16,18-20,24,35-36H,2,4,6-11H2,1H3,(H,27,37)(H,31,34)(H2,26,29,30). The number of hydrogen-bond acceptors (Lipinski definition) is 11. The molecule has 0 bridgehead atoms. The Morgan fingerprint density at radius 2 is 2.02 bits per heavy atom. The molecular formula is C25H32N8O7. The van der Waals surface area contributed by atoms with E-state index < -0.39 is 42.8 Å². The van der Waals surface area contributed by atoms with Gasteiger partial charge in [-0.15, -0.1) is 0 Å². The molecule has 5 rings (SSSR count). The number of imidazole rings is 1. The molecule has 0 saturated carbocycles. The van der Waals surface area contributed by atoms with Gasteiger partial charge in [-0.05, 0) is 31.6 Å². The summed E-state index contributed by atoms with van der Waals surface area (Å²) in [7, 11) is 0. The minimum absolute atomic E-state index is 0.0895. The molecule has 5 unspecified atom stereocenters. The van der Waals surface area contributed by atoms with Gasteiger partial charge >= 0.3 is 6.09 Å². The van der Waals surface area contributed by atoms with E-state index in [0.29, 0.717) is 38.9 Å². The lowest BCUT2D eigenvalue weighted by Crippen LogP contribution is -2.42. The van der Waals surface area contributed by atoms with Crippen molar-refractivity contribution >= 4 is 34.9 Å². The number of nitrogens with zero attached hydrogens (tertiary/aromatic N) is 5. The van der Waals surface area contributed by atoms with E-state index >= 15 is 0 Å². The number of ether oxygens (including phenoxy) is 2. The van der Waals surface area contributed by atoms with Crippen molar-refractivity contribution in [3.05, 3.63) is 12.2 Å². The van der Waals surface area contributed by atoms with E-state index in [1.54, 1.807) is 11.8 Å². The minimum atomic E-state index is -1.44. The van der Waals surface area contributed by atoms with Crippen molar-refractivity contribution in [2.75, 3.05) is 25.4 Å². The van der Waals surface area contributed by atoms with Gasteiger partial charge in [-0.25, -0.2) is 19.7 Å². The molecule has 5 heterocycles. The Morgan fingerprint density at radius 1 is 1.25 bits per heavy atom. The number of anilines is 1. The molecule has 6 N–H and O–H groups in total. The number of nitrogens with two attached hydrogens (primary N) is 1. The van der Waals surface area contributed by atoms with Gasteiger partial charge in [0.15, 0.2) is 30.0 Å². The van der Waals surface area contributed by atoms with Crippen LogP contribution >= 0.6 is 0 Å². The Hall–Kier alpha value is -4.00. The van der Waals surface area contributed by atoms with Crippen LogP contribution in [0.2, 0.25) is 0 Å². The molecule has 40 heavy (non-hydrogen) atoms. The van der Waals surface area contributed by atoms with Crippen molar-refractivity contribution < 1.29 is 34.1 Å². The number of nitrogens with one attached hydrogen (secondary N) is 2. The van der Waals surface area contributed by atoms with Crippen LogP contribution in [0.3, 0.4) is 0 Å². The number of carbonyl (C=O) groups is 3. The van der Waals surface area contributed by atoms with E-state index in [1.807, 2.05) is 0 Å². The molecule has 0 radical (unpaired) electrons. The van der Waals surface area contributed by atoms with E-state index in [2.05, 4.69) is 37.4 Å². The maximum absolute atomic E-state index is 12.4. The van der Waals surface area contributed by atoms with E-state index in [9.17, 15) is 24.6 Å². The molecule has 5 atom stereocenters. The van der Waals surface area contributed by atoms with E-state index in [0.717, 1.165) is 12.8 Å². The zero-order valence-corrected chi connectivity index (χ0v) is 21.9. The number of fused-ring (bicyclic) bond motifs is 1. The zero-order valence-electron chi connectivity index (χ0n) is 21.9. The summed E-state index contributed by atoms with van der Waals surface area (Å²) in [5.74, 6) is 5.88. The molecule has 3 amide bonds. The summed E-state index contributed by atoms with van der Waals surface area (Å²) < 4.78 is 12.4. The number of aliphatic hydroxyl groups is 2. The first kappa shape index (κ1) is 27.6. The van der Waals surface area contributed by atoms with Crippen molar-refractivity contribution in [1.29, 1.82) is 0 Å². The lowest BCUT2D eigenvalue weighted by molar-refractivity contribution is -0.137. The highest BCUT2D eigenvalue weighted by molar-refractivity contribution is 5.83. The van der Waals surface area contributed by atoms with Crippen molar-refractivity contribution in [3.8, 4) is 11.8 Å². The van der Waals surface area contributed by atoms with Gasteiger partial charge in [0.05, 0.1) is 6.33 Å². The summed E-state index contributed by atoms with van der Waals surface area (Å²) in [6.07, 6.45) is -1.93. The van der Waals surface area contributed by atoms with Crippen LogP contribution in [0, 0.1) is 17.8 Å². The van der Waals surface area contributed by atoms with Gasteiger partial charge in [-0.2, -0.15) is 0 Å². The first-order valence-corrected chi connectivity index (χ1v) is 13.3. The fourth-order valence-corrected chi connectivity index (χ4v) is 5.03. The molecule has 2 aromatic heterocycles. The SMILES string of the molecule is CCNC(=O)C1OC(n2cnc3c(N)nc(C#CCC4CCN(C(=O)OC5CCC(=O)N5)CC4)nc32)C(O)C1O. The van der Waals surface area contributed by atoms with Crippen molar-refractivity contribution in [1.82, 2.24) is 35.1 Å². The maximum atomic E-state index is 12.4. The third kappa shape index (κ3) is 5.64. The van der Waals surface area contributed by atoms with Gasteiger partial charge in [-0.3, -0.25) is 14.2 Å². The monoisotopic (exact) mass is 556 g/mol. The average Bonchev–Trinajstić information content (AvgIpc) is 3.62. The highest BCUT2D eigenvalue weighted by Gasteiger charge is 2.47. The van der Waals surface area contributed by atoms with E-state index in [1.165, 1.54) is 10.9 Å². The number of piperidine rings is 1. The minimum Gasteiger partial charge on any atom is -0.425 e. The number of nitrogen functional groups attached to an aromatic ring is 1. The van der Waals surface area contributed by atoms with Crippen LogP contribution in [0.4, 0.5) is 10.6 Å². The Bertz CT molecular complexity index is 1350. The first-order chi connectivity index (χ1) is 19.2. The van der Waals surface area contributed by atoms with Gasteiger partial charge < -0.3 is 41.0 Å². The quantitative estimate of drug-likeness (QED) is 0.282. The normalized spacial score (nSPS) is 26.8. The number of amides is 3. The molecule has 214 valence electrons. The summed E-state index contributed by atoms with van der Waals surface area (Å²) in [5.41, 5.74) is 6.60. The van der Waals surface area contributed by atoms with Crippen molar-refractivity contribution in [3.63, 3.8) is 0 Å². The zero-order chi connectivity index (χ0) is 28.4. The second-order valence-electron chi connectivity index (χ2n) is 9.99. The number of aromatic nitrogens is 4. The number of likely N-dealkylation sites (tertiary alicyclic amines) is 1. The van der Waals surface area contributed by atoms with Crippen LogP contribution < -0.4 is 16.4 Å². The molecule has 3 aliphatic rings. The van der Waals surface area contributed by atoms with E-state index in [-0.39, 0.29) is 34.6 Å². The topological polar surface area (TPSA) is 207 Å². The van der Waals surface area contributed by atoms with Crippen molar-refractivity contribution in [2.24, 2.45) is 5.92 Å². The Labute approximate surface area is 229 Å². The maximum Gasteiger partial charge on any atom is 0.411 e. The third-order valence-corrected chi connectivity index (χ3v) is 7.23. The number of hydrogen-bond donors (Lipinski definition) is 5. The fraction of sp³-hybridized carbons (Fsp3) is 0.600. The fourth-order valence-electron chi connectivity index (χ4n) is 5.03. The van der Waals surface area contributed by atoms with Gasteiger partial charge in [-0.1, -0.05) is 5.92 Å². The lowest BCUT2D eigenvalue weighted by atomic mass is 9.94. The number of rotatable bonds is 5. The summed E-state index contributed by atoms with van der Waals surface area (Å²) >= 11 is 0. The second kappa shape index (κ2) is 11.6. The highest BCUT2D eigenvalue weighted by Crippen LogP contribution is 2.32. The van der Waals surface area contributed by atoms with Gasteiger partial charge in [0.1, 0.15) is 17.7 Å². The molecule has 0 spiro atoms. The van der Waals surface area contributed by atoms with Gasteiger partial charge in [0, 0.05) is 38.9 Å². The predicted octanol–water partition coefficient (Wildman–Crippen LogP) is -1.01. The molecule has 3 aliphatic heterocycles. The van der Waals surface area contributed by atoms with Crippen LogP contribution in [0.5, 0.6) is 0 Å². The van der Waals surface area contributed by atoms with Gasteiger partial charge in [0.2, 0.25) is 11.7 Å². The molecule has 0 aliphatic carbocycles. The number of carbonyl (C=O) groups excluding carboxylic acids is 3. The summed E-state index contributed by atoms with van der Waals surface area (Å²) in [4.78, 5) is 50.4. The van der Waals surface area contributed by atoms with Gasteiger partial charge in [0.25, 0.3) is 5.91 Å². The Kier molecular flexibility index (Phi) is 8.01. The Morgan fingerprint density at radius 3 is 2.73 bits per heavy atom. The first-order valence-electron chi connectivity index (χ1n) is 13.3. The van der Waals surface area contributed by atoms with Crippen LogP contribution in [0.1, 0.15) is 51.1 Å². The molecule has 3 saturated heterocycles. The van der Waals surface area contributed by atoms with Crippen molar-refractivity contribution in [2.45, 2.75) is 69.8 Å². The highest BCUT2D eigenvalue weighted by atomic mass is 16.6. The molecule has 0 aromatic carbocycles. The predicted molar refractivity (Wildman–Crippen MR) is 138 cm³/mol. The second-order valence-corrected chi connectivity index (χ2v) is 9.99. The molecule has 15 heteroatoms. The molecular weight excluding hydrogens is 524 g/mol. The third-order valence-electron chi connectivity index (χ3n) is 7.23. The van der Waals surface area contributed by atoms with E-state index in [4.69, 9.17) is 15.2 Å². The smallest absolute Gasteiger partial charge is 0.411 e. The summed E-state index contributed by atoms with van der Waals surface area (Å²) in [6, 6.07) is 0. The average molecular weight is 557 g/mol.